The summed E-state index contributed by atoms with van der Waals surface area (Å²) in [5, 5.41) is 2.69. The van der Waals surface area contributed by atoms with Crippen molar-refractivity contribution in [3.8, 4) is 5.75 Å². The number of methoxy groups -OCH3 is 1. The number of sulfone groups is 1. The van der Waals surface area contributed by atoms with Crippen LogP contribution >= 0.6 is 0 Å². The van der Waals surface area contributed by atoms with Crippen molar-refractivity contribution in [2.45, 2.75) is 12.5 Å². The Kier molecular flexibility index (Phi) is 3.66. The normalized spacial score (nSPS) is 21.0. The Bertz CT molecular complexity index is 598. The van der Waals surface area contributed by atoms with Crippen LogP contribution in [0.4, 0.5) is 5.69 Å². The van der Waals surface area contributed by atoms with Crippen LogP contribution in [0.5, 0.6) is 5.75 Å². The monoisotopic (exact) mass is 284 g/mol. The maximum atomic E-state index is 12.1. The molecule has 6 nitrogen and oxygen atoms in total. The molecule has 1 aromatic carbocycles. The Hall–Kier alpha value is -1.76. The lowest BCUT2D eigenvalue weighted by atomic mass is 10.1. The number of anilines is 1. The van der Waals surface area contributed by atoms with Crippen molar-refractivity contribution in [1.82, 2.24) is 5.32 Å². The highest BCUT2D eigenvalue weighted by molar-refractivity contribution is 7.91. The van der Waals surface area contributed by atoms with Crippen molar-refractivity contribution in [1.29, 1.82) is 0 Å². The summed E-state index contributed by atoms with van der Waals surface area (Å²) < 4.78 is 27.7. The molecule has 1 amide bonds. The van der Waals surface area contributed by atoms with E-state index >= 15 is 0 Å². The van der Waals surface area contributed by atoms with E-state index in [-0.39, 0.29) is 23.5 Å². The van der Waals surface area contributed by atoms with Gasteiger partial charge in [0.05, 0.1) is 24.2 Å². The van der Waals surface area contributed by atoms with Crippen LogP contribution in [0.1, 0.15) is 16.8 Å². The number of carbonyl (C=O) groups excluding carboxylic acids is 1. The number of rotatable bonds is 3. The number of nitrogen functional groups attached to an aromatic ring is 1. The van der Waals surface area contributed by atoms with Crippen LogP contribution in [0.25, 0.3) is 0 Å². The quantitative estimate of drug-likeness (QED) is 0.772. The lowest BCUT2D eigenvalue weighted by Gasteiger charge is -2.13. The predicted molar refractivity (Wildman–Crippen MR) is 71.9 cm³/mol. The maximum absolute atomic E-state index is 12.1. The van der Waals surface area contributed by atoms with Gasteiger partial charge in [-0.15, -0.1) is 0 Å². The zero-order valence-electron chi connectivity index (χ0n) is 10.5. The molecule has 1 aromatic rings. The summed E-state index contributed by atoms with van der Waals surface area (Å²) >= 11 is 0. The fraction of sp³-hybridized carbons (Fsp3) is 0.417. The summed E-state index contributed by atoms with van der Waals surface area (Å²) in [5.41, 5.74) is 6.37. The second-order valence-electron chi connectivity index (χ2n) is 4.53. The fourth-order valence-electron chi connectivity index (χ4n) is 2.03. The van der Waals surface area contributed by atoms with Crippen LogP contribution in [0, 0.1) is 0 Å². The molecule has 104 valence electrons. The van der Waals surface area contributed by atoms with Gasteiger partial charge < -0.3 is 15.8 Å². The molecule has 1 unspecified atom stereocenters. The van der Waals surface area contributed by atoms with Crippen molar-refractivity contribution in [3.63, 3.8) is 0 Å². The molecule has 2 rings (SSSR count). The topological polar surface area (TPSA) is 98.5 Å². The smallest absolute Gasteiger partial charge is 0.253 e. The van der Waals surface area contributed by atoms with Gasteiger partial charge in [-0.3, -0.25) is 4.79 Å². The molecule has 1 aliphatic heterocycles. The molecule has 1 fully saturated rings. The molecule has 0 radical (unpaired) electrons. The summed E-state index contributed by atoms with van der Waals surface area (Å²) in [6, 6.07) is 4.43. The van der Waals surface area contributed by atoms with Crippen LogP contribution in [0.2, 0.25) is 0 Å². The number of hydrogen-bond donors (Lipinski definition) is 2. The van der Waals surface area contributed by atoms with Gasteiger partial charge in [0.1, 0.15) is 5.75 Å². The van der Waals surface area contributed by atoms with Crippen LogP contribution in [0.15, 0.2) is 18.2 Å². The zero-order chi connectivity index (χ0) is 14.0. The molecule has 7 heteroatoms. The van der Waals surface area contributed by atoms with Crippen LogP contribution in [-0.4, -0.2) is 39.0 Å². The number of nitrogens with one attached hydrogen (secondary N) is 1. The van der Waals surface area contributed by atoms with E-state index in [0.717, 1.165) is 0 Å². The molecule has 0 spiro atoms. The average Bonchev–Trinajstić information content (AvgIpc) is 2.69. The fourth-order valence-corrected chi connectivity index (χ4v) is 3.70. The minimum atomic E-state index is -3.02. The van der Waals surface area contributed by atoms with Gasteiger partial charge >= 0.3 is 0 Å². The van der Waals surface area contributed by atoms with Gasteiger partial charge in [0.15, 0.2) is 9.84 Å². The van der Waals surface area contributed by atoms with Crippen molar-refractivity contribution in [3.05, 3.63) is 23.8 Å². The molecular weight excluding hydrogens is 268 g/mol. The van der Waals surface area contributed by atoms with E-state index in [4.69, 9.17) is 10.5 Å². The number of amides is 1. The minimum Gasteiger partial charge on any atom is -0.497 e. The molecule has 19 heavy (non-hydrogen) atoms. The Morgan fingerprint density at radius 1 is 1.47 bits per heavy atom. The highest BCUT2D eigenvalue weighted by Crippen LogP contribution is 2.20. The third-order valence-electron chi connectivity index (χ3n) is 3.07. The van der Waals surface area contributed by atoms with Crippen LogP contribution < -0.4 is 15.8 Å². The Labute approximate surface area is 111 Å². The molecular formula is C12H16N2O4S. The van der Waals surface area contributed by atoms with E-state index in [1.807, 2.05) is 0 Å². The van der Waals surface area contributed by atoms with E-state index in [0.29, 0.717) is 23.4 Å². The molecule has 0 bridgehead atoms. The van der Waals surface area contributed by atoms with Gasteiger partial charge in [-0.2, -0.15) is 0 Å². The molecule has 3 N–H and O–H groups in total. The van der Waals surface area contributed by atoms with Crippen molar-refractivity contribution < 1.29 is 17.9 Å². The first-order valence-corrected chi connectivity index (χ1v) is 7.68. The standard InChI is InChI=1S/C12H16N2O4S/c1-18-9-2-3-11(13)10(6-9)12(15)14-8-4-5-19(16,17)7-8/h2-3,6,8H,4-5,7,13H2,1H3,(H,14,15). The Balaban J connectivity index is 2.12. The van der Waals surface area contributed by atoms with Crippen molar-refractivity contribution in [2.24, 2.45) is 0 Å². The molecule has 0 aromatic heterocycles. The number of ether oxygens (including phenoxy) is 1. The summed E-state index contributed by atoms with van der Waals surface area (Å²) in [5.74, 6) is 0.255. The van der Waals surface area contributed by atoms with E-state index in [2.05, 4.69) is 5.32 Å². The third-order valence-corrected chi connectivity index (χ3v) is 4.84. The lowest BCUT2D eigenvalue weighted by Crippen LogP contribution is -2.35. The van der Waals surface area contributed by atoms with Gasteiger partial charge in [-0.25, -0.2) is 8.42 Å². The highest BCUT2D eigenvalue weighted by Gasteiger charge is 2.29. The summed E-state index contributed by atoms with van der Waals surface area (Å²) in [4.78, 5) is 12.1. The zero-order valence-corrected chi connectivity index (χ0v) is 11.4. The van der Waals surface area contributed by atoms with Crippen LogP contribution in [-0.2, 0) is 9.84 Å². The first-order chi connectivity index (χ1) is 8.91. The first-order valence-electron chi connectivity index (χ1n) is 5.86. The van der Waals surface area contributed by atoms with Crippen LogP contribution in [0.3, 0.4) is 0 Å². The summed E-state index contributed by atoms with van der Waals surface area (Å²) in [7, 11) is -1.52. The summed E-state index contributed by atoms with van der Waals surface area (Å²) in [6.45, 7) is 0. The second-order valence-corrected chi connectivity index (χ2v) is 6.76. The molecule has 1 atom stereocenters. The molecule has 1 saturated heterocycles. The van der Waals surface area contributed by atoms with Crippen molar-refractivity contribution in [2.75, 3.05) is 24.3 Å². The molecule has 1 heterocycles. The molecule has 0 saturated carbocycles. The lowest BCUT2D eigenvalue weighted by molar-refractivity contribution is 0.0941. The summed E-state index contributed by atoms with van der Waals surface area (Å²) in [6.07, 6.45) is 0.442. The number of nitrogens with two attached hydrogens (primary N) is 1. The highest BCUT2D eigenvalue weighted by atomic mass is 32.2. The van der Waals surface area contributed by atoms with Crippen molar-refractivity contribution >= 4 is 21.4 Å². The largest absolute Gasteiger partial charge is 0.497 e. The number of benzene rings is 1. The number of carbonyl (C=O) groups is 1. The minimum absolute atomic E-state index is 0.0113. The maximum Gasteiger partial charge on any atom is 0.253 e. The Morgan fingerprint density at radius 3 is 2.79 bits per heavy atom. The average molecular weight is 284 g/mol. The second kappa shape index (κ2) is 5.08. The van der Waals surface area contributed by atoms with E-state index in [1.54, 1.807) is 12.1 Å². The van der Waals surface area contributed by atoms with E-state index in [9.17, 15) is 13.2 Å². The van der Waals surface area contributed by atoms with Gasteiger partial charge in [-0.1, -0.05) is 0 Å². The van der Waals surface area contributed by atoms with Gasteiger partial charge in [0.2, 0.25) is 0 Å². The van der Waals surface area contributed by atoms with Gasteiger partial charge in [0.25, 0.3) is 5.91 Å². The molecule has 0 aliphatic carbocycles. The SMILES string of the molecule is COc1ccc(N)c(C(=O)NC2CCS(=O)(=O)C2)c1. The van der Waals surface area contributed by atoms with Gasteiger partial charge in [-0.05, 0) is 24.6 Å². The third kappa shape index (κ3) is 3.17. The van der Waals surface area contributed by atoms with Gasteiger partial charge in [0, 0.05) is 11.7 Å². The van der Waals surface area contributed by atoms with E-state index in [1.165, 1.54) is 13.2 Å². The number of hydrogen-bond acceptors (Lipinski definition) is 5. The Morgan fingerprint density at radius 2 is 2.21 bits per heavy atom. The first kappa shape index (κ1) is 13.7. The molecule has 1 aliphatic rings. The predicted octanol–water partition coefficient (Wildman–Crippen LogP) is 0.194. The van der Waals surface area contributed by atoms with E-state index < -0.39 is 9.84 Å².